The van der Waals surface area contributed by atoms with Crippen molar-refractivity contribution >= 4 is 17.3 Å². The molecule has 3 heterocycles. The number of thiophene rings is 1. The molecule has 1 atom stereocenters. The summed E-state index contributed by atoms with van der Waals surface area (Å²) < 4.78 is 6.89. The van der Waals surface area contributed by atoms with Crippen molar-refractivity contribution in [2.45, 2.75) is 26.3 Å². The van der Waals surface area contributed by atoms with Crippen molar-refractivity contribution in [2.24, 2.45) is 5.92 Å². The molecule has 5 nitrogen and oxygen atoms in total. The van der Waals surface area contributed by atoms with Crippen LogP contribution in [0.2, 0.25) is 0 Å². The van der Waals surface area contributed by atoms with Crippen LogP contribution < -0.4 is 0 Å². The summed E-state index contributed by atoms with van der Waals surface area (Å²) in [5.41, 5.74) is 0. The average molecular weight is 277 g/mol. The lowest BCUT2D eigenvalue weighted by Gasteiger charge is -2.21. The fraction of sp³-hybridized carbons (Fsp3) is 0.462. The zero-order valence-electron chi connectivity index (χ0n) is 10.9. The quantitative estimate of drug-likeness (QED) is 0.788. The number of methoxy groups -OCH3 is 1. The molecule has 2 aromatic rings. The molecule has 3 rings (SSSR count). The number of rotatable bonds is 2. The van der Waals surface area contributed by atoms with E-state index in [2.05, 4.69) is 33.8 Å². The van der Waals surface area contributed by atoms with Crippen molar-refractivity contribution in [1.29, 1.82) is 0 Å². The average Bonchev–Trinajstić information content (AvgIpc) is 3.02. The van der Waals surface area contributed by atoms with E-state index in [1.54, 1.807) is 11.3 Å². The van der Waals surface area contributed by atoms with Crippen molar-refractivity contribution in [1.82, 2.24) is 14.8 Å². The van der Waals surface area contributed by atoms with Crippen LogP contribution >= 0.6 is 11.3 Å². The van der Waals surface area contributed by atoms with Crippen LogP contribution in [0.1, 0.15) is 17.1 Å². The van der Waals surface area contributed by atoms with Gasteiger partial charge < -0.3 is 9.30 Å². The number of aromatic nitrogens is 3. The fourth-order valence-corrected chi connectivity index (χ4v) is 3.28. The van der Waals surface area contributed by atoms with Gasteiger partial charge in [0.2, 0.25) is 0 Å². The highest BCUT2D eigenvalue weighted by Crippen LogP contribution is 2.30. The van der Waals surface area contributed by atoms with E-state index in [0.717, 1.165) is 29.4 Å². The first kappa shape index (κ1) is 12.3. The van der Waals surface area contributed by atoms with Crippen molar-refractivity contribution < 1.29 is 9.53 Å². The van der Waals surface area contributed by atoms with Crippen LogP contribution in [0.4, 0.5) is 0 Å². The Hall–Kier alpha value is -1.69. The van der Waals surface area contributed by atoms with Gasteiger partial charge in [-0.15, -0.1) is 21.5 Å². The topological polar surface area (TPSA) is 57.0 Å². The lowest BCUT2D eigenvalue weighted by molar-refractivity contribution is -0.146. The predicted octanol–water partition coefficient (Wildman–Crippen LogP) is 2.05. The minimum Gasteiger partial charge on any atom is -0.469 e. The molecule has 1 aliphatic heterocycles. The third-order valence-corrected chi connectivity index (χ3v) is 4.44. The van der Waals surface area contributed by atoms with Gasteiger partial charge in [0.15, 0.2) is 5.82 Å². The Morgan fingerprint density at radius 3 is 3.00 bits per heavy atom. The first-order valence-electron chi connectivity index (χ1n) is 6.25. The summed E-state index contributed by atoms with van der Waals surface area (Å²) in [6, 6.07) is 4.13. The molecule has 0 saturated heterocycles. The zero-order chi connectivity index (χ0) is 13.4. The van der Waals surface area contributed by atoms with Gasteiger partial charge in [0.25, 0.3) is 0 Å². The van der Waals surface area contributed by atoms with Crippen LogP contribution in [0.3, 0.4) is 0 Å². The molecule has 1 aliphatic rings. The molecule has 0 saturated carbocycles. The van der Waals surface area contributed by atoms with Gasteiger partial charge in [-0.05, 0) is 25.5 Å². The molecule has 1 unspecified atom stereocenters. The third kappa shape index (κ3) is 2.16. The highest BCUT2D eigenvalue weighted by molar-refractivity contribution is 7.15. The molecule has 19 heavy (non-hydrogen) atoms. The van der Waals surface area contributed by atoms with E-state index in [1.807, 2.05) is 0 Å². The van der Waals surface area contributed by atoms with Crippen molar-refractivity contribution in [2.75, 3.05) is 7.11 Å². The maximum absolute atomic E-state index is 11.7. The van der Waals surface area contributed by atoms with Gasteiger partial charge in [0, 0.05) is 17.8 Å². The first-order valence-corrected chi connectivity index (χ1v) is 7.07. The SMILES string of the molecule is COC(=O)C1CCc2nnc(-c3ccc(C)s3)n2C1. The summed E-state index contributed by atoms with van der Waals surface area (Å²) >= 11 is 1.69. The largest absolute Gasteiger partial charge is 0.469 e. The molecule has 0 N–H and O–H groups in total. The number of hydrogen-bond donors (Lipinski definition) is 0. The first-order chi connectivity index (χ1) is 9.19. The standard InChI is InChI=1S/C13H15N3O2S/c1-8-3-5-10(19-8)12-15-14-11-6-4-9(7-16(11)12)13(17)18-2/h3,5,9H,4,6-7H2,1-2H3. The Balaban J connectivity index is 1.94. The number of nitrogens with zero attached hydrogens (tertiary/aromatic N) is 3. The molecule has 2 aromatic heterocycles. The lowest BCUT2D eigenvalue weighted by Crippen LogP contribution is -2.28. The van der Waals surface area contributed by atoms with Crippen LogP contribution in [0, 0.1) is 12.8 Å². The van der Waals surface area contributed by atoms with E-state index in [1.165, 1.54) is 12.0 Å². The number of carbonyl (C=O) groups excluding carboxylic acids is 1. The van der Waals surface area contributed by atoms with Crippen LogP contribution in [-0.2, 0) is 22.5 Å². The second-order valence-electron chi connectivity index (χ2n) is 4.72. The maximum Gasteiger partial charge on any atom is 0.310 e. The zero-order valence-corrected chi connectivity index (χ0v) is 11.7. The summed E-state index contributed by atoms with van der Waals surface area (Å²) in [7, 11) is 1.44. The van der Waals surface area contributed by atoms with E-state index < -0.39 is 0 Å². The summed E-state index contributed by atoms with van der Waals surface area (Å²) in [6.07, 6.45) is 1.56. The van der Waals surface area contributed by atoms with Crippen molar-refractivity contribution in [3.8, 4) is 10.7 Å². The Bertz CT molecular complexity index is 617. The van der Waals surface area contributed by atoms with E-state index in [4.69, 9.17) is 4.74 Å². The lowest BCUT2D eigenvalue weighted by atomic mass is 9.99. The highest BCUT2D eigenvalue weighted by atomic mass is 32.1. The van der Waals surface area contributed by atoms with Gasteiger partial charge in [-0.2, -0.15) is 0 Å². The van der Waals surface area contributed by atoms with E-state index in [9.17, 15) is 4.79 Å². The van der Waals surface area contributed by atoms with Crippen LogP contribution in [0.25, 0.3) is 10.7 Å². The van der Waals surface area contributed by atoms with Gasteiger partial charge in [0.1, 0.15) is 5.82 Å². The second-order valence-corrected chi connectivity index (χ2v) is 6.01. The number of ether oxygens (including phenoxy) is 1. The number of esters is 1. The summed E-state index contributed by atoms with van der Waals surface area (Å²) in [5, 5.41) is 8.50. The molecule has 6 heteroatoms. The Labute approximate surface area is 115 Å². The monoisotopic (exact) mass is 277 g/mol. The molecular weight excluding hydrogens is 262 g/mol. The van der Waals surface area contributed by atoms with Crippen LogP contribution in [0.5, 0.6) is 0 Å². The Kier molecular flexibility index (Phi) is 3.10. The van der Waals surface area contributed by atoms with Gasteiger partial charge >= 0.3 is 5.97 Å². The second kappa shape index (κ2) is 4.77. The van der Waals surface area contributed by atoms with Crippen LogP contribution in [-0.4, -0.2) is 27.8 Å². The summed E-state index contributed by atoms with van der Waals surface area (Å²) in [4.78, 5) is 14.0. The van der Waals surface area contributed by atoms with E-state index in [0.29, 0.717) is 6.54 Å². The molecule has 0 fully saturated rings. The fourth-order valence-electron chi connectivity index (χ4n) is 2.42. The summed E-state index contributed by atoms with van der Waals surface area (Å²) in [6.45, 7) is 2.68. The third-order valence-electron chi connectivity index (χ3n) is 3.44. The number of hydrogen-bond acceptors (Lipinski definition) is 5. The van der Waals surface area contributed by atoms with Gasteiger partial charge in [-0.25, -0.2) is 0 Å². The molecular formula is C13H15N3O2S. The molecule has 0 amide bonds. The van der Waals surface area contributed by atoms with Gasteiger partial charge in [-0.1, -0.05) is 0 Å². The van der Waals surface area contributed by atoms with Gasteiger partial charge in [-0.3, -0.25) is 4.79 Å². The Morgan fingerprint density at radius 2 is 2.32 bits per heavy atom. The molecule has 100 valence electrons. The van der Waals surface area contributed by atoms with Crippen LogP contribution in [0.15, 0.2) is 12.1 Å². The number of fused-ring (bicyclic) bond motifs is 1. The maximum atomic E-state index is 11.7. The minimum atomic E-state index is -0.146. The highest BCUT2D eigenvalue weighted by Gasteiger charge is 2.28. The predicted molar refractivity (Wildman–Crippen MR) is 71.9 cm³/mol. The molecule has 0 aliphatic carbocycles. The number of aryl methyl sites for hydroxylation is 2. The van der Waals surface area contributed by atoms with Crippen molar-refractivity contribution in [3.05, 3.63) is 22.8 Å². The smallest absolute Gasteiger partial charge is 0.310 e. The molecule has 0 radical (unpaired) electrons. The van der Waals surface area contributed by atoms with Gasteiger partial charge in [0.05, 0.1) is 17.9 Å². The summed E-state index contributed by atoms with van der Waals surface area (Å²) in [5.74, 6) is 1.59. The molecule has 0 bridgehead atoms. The van der Waals surface area contributed by atoms with E-state index in [-0.39, 0.29) is 11.9 Å². The minimum absolute atomic E-state index is 0.0895. The van der Waals surface area contributed by atoms with E-state index >= 15 is 0 Å². The molecule has 0 spiro atoms. The Morgan fingerprint density at radius 1 is 1.47 bits per heavy atom. The molecule has 0 aromatic carbocycles. The number of carbonyl (C=O) groups is 1. The van der Waals surface area contributed by atoms with Crippen molar-refractivity contribution in [3.63, 3.8) is 0 Å². The normalized spacial score (nSPS) is 18.1.